The molecule has 0 saturated carbocycles. The Morgan fingerprint density at radius 2 is 2.09 bits per heavy atom. The van der Waals surface area contributed by atoms with Crippen LogP contribution in [-0.2, 0) is 6.42 Å². The Balaban J connectivity index is 1.60. The molecule has 0 spiro atoms. The summed E-state index contributed by atoms with van der Waals surface area (Å²) in [6, 6.07) is 11.4. The summed E-state index contributed by atoms with van der Waals surface area (Å²) in [6.07, 6.45) is 1.86. The van der Waals surface area contributed by atoms with E-state index in [4.69, 9.17) is 0 Å². The van der Waals surface area contributed by atoms with Gasteiger partial charge in [-0.3, -0.25) is 5.32 Å². The molecule has 6 heteroatoms. The van der Waals surface area contributed by atoms with Crippen LogP contribution in [0.25, 0.3) is 0 Å². The van der Waals surface area contributed by atoms with Crippen LogP contribution in [0.3, 0.4) is 0 Å². The standard InChI is InChI=1S/C17H20N4O2/c1-12-18-8-7-16(19-12)20-17(23)21-10-14(15(22)11-21)9-13-5-3-2-4-6-13/h2-8,14-15,22H,9-11H2,1H3,(H,18,19,20,23)/t14-,15-/m1/s1. The van der Waals surface area contributed by atoms with Crippen LogP contribution in [0.5, 0.6) is 0 Å². The number of hydrogen-bond donors (Lipinski definition) is 2. The highest BCUT2D eigenvalue weighted by atomic mass is 16.3. The fourth-order valence-electron chi connectivity index (χ4n) is 2.85. The van der Waals surface area contributed by atoms with Crippen molar-refractivity contribution in [2.75, 3.05) is 18.4 Å². The lowest BCUT2D eigenvalue weighted by Gasteiger charge is -2.16. The van der Waals surface area contributed by atoms with E-state index in [1.165, 1.54) is 5.56 Å². The summed E-state index contributed by atoms with van der Waals surface area (Å²) in [5.74, 6) is 1.13. The van der Waals surface area contributed by atoms with E-state index in [2.05, 4.69) is 15.3 Å². The molecule has 6 nitrogen and oxygen atoms in total. The number of benzene rings is 1. The van der Waals surface area contributed by atoms with Crippen LogP contribution >= 0.6 is 0 Å². The average molecular weight is 312 g/mol. The van der Waals surface area contributed by atoms with Gasteiger partial charge in [-0.2, -0.15) is 0 Å². The molecule has 1 aliphatic rings. The number of anilines is 1. The number of carbonyl (C=O) groups excluding carboxylic acids is 1. The van der Waals surface area contributed by atoms with Gasteiger partial charge in [-0.15, -0.1) is 0 Å². The number of hydrogen-bond acceptors (Lipinski definition) is 4. The Bertz CT molecular complexity index is 677. The summed E-state index contributed by atoms with van der Waals surface area (Å²) in [5.41, 5.74) is 1.17. The van der Waals surface area contributed by atoms with Gasteiger partial charge in [0.05, 0.1) is 6.10 Å². The van der Waals surface area contributed by atoms with Crippen LogP contribution < -0.4 is 5.32 Å². The zero-order chi connectivity index (χ0) is 16.2. The molecule has 1 fully saturated rings. The molecule has 1 aromatic carbocycles. The highest BCUT2D eigenvalue weighted by Gasteiger charge is 2.34. The van der Waals surface area contributed by atoms with Crippen LogP contribution in [-0.4, -0.2) is 45.2 Å². The Morgan fingerprint density at radius 3 is 2.83 bits per heavy atom. The fourth-order valence-corrected chi connectivity index (χ4v) is 2.85. The third-order valence-electron chi connectivity index (χ3n) is 4.05. The molecular formula is C17H20N4O2. The first-order valence-electron chi connectivity index (χ1n) is 7.69. The summed E-state index contributed by atoms with van der Waals surface area (Å²) in [7, 11) is 0. The first-order chi connectivity index (χ1) is 11.1. The second kappa shape index (κ2) is 6.75. The monoisotopic (exact) mass is 312 g/mol. The third-order valence-corrected chi connectivity index (χ3v) is 4.05. The molecule has 1 aliphatic heterocycles. The maximum Gasteiger partial charge on any atom is 0.323 e. The van der Waals surface area contributed by atoms with Crippen LogP contribution in [0.15, 0.2) is 42.6 Å². The number of carbonyl (C=O) groups is 1. The lowest BCUT2D eigenvalue weighted by atomic mass is 9.97. The van der Waals surface area contributed by atoms with Crippen LogP contribution in [0.1, 0.15) is 11.4 Å². The maximum absolute atomic E-state index is 12.3. The molecule has 3 rings (SSSR count). The molecular weight excluding hydrogens is 292 g/mol. The van der Waals surface area contributed by atoms with Gasteiger partial charge in [-0.1, -0.05) is 30.3 Å². The number of nitrogens with zero attached hydrogens (tertiary/aromatic N) is 3. The normalized spacial score (nSPS) is 20.5. The number of urea groups is 1. The predicted molar refractivity (Wildman–Crippen MR) is 87.0 cm³/mol. The van der Waals surface area contributed by atoms with Crippen molar-refractivity contribution in [1.29, 1.82) is 0 Å². The van der Waals surface area contributed by atoms with Crippen molar-refractivity contribution >= 4 is 11.8 Å². The highest BCUT2D eigenvalue weighted by Crippen LogP contribution is 2.22. The quantitative estimate of drug-likeness (QED) is 0.906. The molecule has 0 unspecified atom stereocenters. The van der Waals surface area contributed by atoms with E-state index in [1.807, 2.05) is 30.3 Å². The van der Waals surface area contributed by atoms with E-state index >= 15 is 0 Å². The van der Waals surface area contributed by atoms with E-state index in [-0.39, 0.29) is 11.9 Å². The molecule has 0 aliphatic carbocycles. The molecule has 1 saturated heterocycles. The third kappa shape index (κ3) is 3.84. The first-order valence-corrected chi connectivity index (χ1v) is 7.69. The number of amides is 2. The van der Waals surface area contributed by atoms with Gasteiger partial charge in [0.2, 0.25) is 0 Å². The van der Waals surface area contributed by atoms with Gasteiger partial charge in [0.15, 0.2) is 0 Å². The zero-order valence-corrected chi connectivity index (χ0v) is 13.0. The summed E-state index contributed by atoms with van der Waals surface area (Å²) in [6.45, 7) is 2.64. The smallest absolute Gasteiger partial charge is 0.323 e. The van der Waals surface area contributed by atoms with Crippen molar-refractivity contribution in [2.45, 2.75) is 19.4 Å². The van der Waals surface area contributed by atoms with Gasteiger partial charge in [0.25, 0.3) is 0 Å². The number of aliphatic hydroxyl groups excluding tert-OH is 1. The second-order valence-electron chi connectivity index (χ2n) is 5.84. The van der Waals surface area contributed by atoms with Crippen LogP contribution in [0.4, 0.5) is 10.6 Å². The molecule has 2 heterocycles. The summed E-state index contributed by atoms with van der Waals surface area (Å²) in [4.78, 5) is 22.1. The number of aliphatic hydroxyl groups is 1. The largest absolute Gasteiger partial charge is 0.391 e. The Morgan fingerprint density at radius 1 is 1.30 bits per heavy atom. The molecule has 23 heavy (non-hydrogen) atoms. The number of aromatic nitrogens is 2. The number of β-amino-alcohol motifs (C(OH)–C–C–N with tert-alkyl or cyclic N) is 1. The second-order valence-corrected chi connectivity index (χ2v) is 5.84. The van der Waals surface area contributed by atoms with Gasteiger partial charge >= 0.3 is 6.03 Å². The van der Waals surface area contributed by atoms with Crippen molar-refractivity contribution in [3.05, 3.63) is 54.0 Å². The number of nitrogens with one attached hydrogen (secondary N) is 1. The summed E-state index contributed by atoms with van der Waals surface area (Å²) >= 11 is 0. The minimum Gasteiger partial charge on any atom is -0.391 e. The minimum atomic E-state index is -0.506. The molecule has 0 bridgehead atoms. The fraction of sp³-hybridized carbons (Fsp3) is 0.353. The molecule has 2 atom stereocenters. The first kappa shape index (κ1) is 15.4. The zero-order valence-electron chi connectivity index (χ0n) is 13.0. The average Bonchev–Trinajstić information content (AvgIpc) is 2.89. The van der Waals surface area contributed by atoms with Crippen LogP contribution in [0.2, 0.25) is 0 Å². The van der Waals surface area contributed by atoms with Crippen molar-refractivity contribution in [2.24, 2.45) is 5.92 Å². The van der Waals surface area contributed by atoms with Gasteiger partial charge < -0.3 is 10.0 Å². The van der Waals surface area contributed by atoms with Crippen LogP contribution in [0, 0.1) is 12.8 Å². The van der Waals surface area contributed by atoms with Gasteiger partial charge in [-0.05, 0) is 25.0 Å². The Labute approximate surface area is 135 Å². The van der Waals surface area contributed by atoms with Crippen molar-refractivity contribution in [1.82, 2.24) is 14.9 Å². The van der Waals surface area contributed by atoms with E-state index in [9.17, 15) is 9.90 Å². The Kier molecular flexibility index (Phi) is 4.52. The molecule has 1 aromatic heterocycles. The summed E-state index contributed by atoms with van der Waals surface area (Å²) < 4.78 is 0. The molecule has 120 valence electrons. The van der Waals surface area contributed by atoms with E-state index < -0.39 is 6.10 Å². The van der Waals surface area contributed by atoms with Gasteiger partial charge in [0, 0.05) is 25.2 Å². The highest BCUT2D eigenvalue weighted by molar-refractivity contribution is 5.88. The lowest BCUT2D eigenvalue weighted by Crippen LogP contribution is -2.34. The van der Waals surface area contributed by atoms with E-state index in [1.54, 1.807) is 24.1 Å². The molecule has 2 N–H and O–H groups in total. The Hall–Kier alpha value is -2.47. The summed E-state index contributed by atoms with van der Waals surface area (Å²) in [5, 5.41) is 13.0. The molecule has 0 radical (unpaired) electrons. The SMILES string of the molecule is Cc1nccc(NC(=O)N2C[C@@H](Cc3ccccc3)[C@H](O)C2)n1. The minimum absolute atomic E-state index is 0.0512. The van der Waals surface area contributed by atoms with E-state index in [0.29, 0.717) is 24.7 Å². The maximum atomic E-state index is 12.3. The predicted octanol–water partition coefficient (Wildman–Crippen LogP) is 1.85. The lowest BCUT2D eigenvalue weighted by molar-refractivity contribution is 0.143. The number of rotatable bonds is 3. The van der Waals surface area contributed by atoms with Crippen molar-refractivity contribution in [3.8, 4) is 0 Å². The molecule has 2 amide bonds. The van der Waals surface area contributed by atoms with Gasteiger partial charge in [0.1, 0.15) is 11.6 Å². The number of aryl methyl sites for hydroxylation is 1. The van der Waals surface area contributed by atoms with E-state index in [0.717, 1.165) is 6.42 Å². The number of likely N-dealkylation sites (tertiary alicyclic amines) is 1. The van der Waals surface area contributed by atoms with Crippen molar-refractivity contribution in [3.63, 3.8) is 0 Å². The topological polar surface area (TPSA) is 78.4 Å². The molecule has 2 aromatic rings. The van der Waals surface area contributed by atoms with Crippen molar-refractivity contribution < 1.29 is 9.90 Å². The van der Waals surface area contributed by atoms with Gasteiger partial charge in [-0.25, -0.2) is 14.8 Å².